The number of hydrogen-bond donors (Lipinski definition) is 4. The number of aromatic nitrogens is 21. The molecule has 2 aliphatic heterocycles. The Morgan fingerprint density at radius 1 is 0.391 bits per heavy atom. The molecule has 4 N–H and O–H groups in total. The van der Waals surface area contributed by atoms with E-state index in [4.69, 9.17) is 0 Å². The first kappa shape index (κ1) is 79.2. The molecule has 0 saturated carbocycles. The minimum atomic E-state index is 0. The van der Waals surface area contributed by atoms with Crippen molar-refractivity contribution >= 4 is 41.4 Å². The molecule has 14 aromatic rings. The van der Waals surface area contributed by atoms with Crippen molar-refractivity contribution in [2.75, 3.05) is 13.1 Å². The van der Waals surface area contributed by atoms with Gasteiger partial charge in [-0.25, -0.2) is 29.9 Å². The van der Waals surface area contributed by atoms with Gasteiger partial charge in [-0.15, -0.1) is 26.6 Å². The first-order valence-corrected chi connectivity index (χ1v) is 25.4. The number of nitrogens with zero attached hydrogens (tertiary/aromatic N) is 22. The summed E-state index contributed by atoms with van der Waals surface area (Å²) in [4.78, 5) is 46.0. The molecule has 16 rings (SSSR count). The molecular weight excluding hydrogens is 1150 g/mol. The Morgan fingerprint density at radius 2 is 1.08 bits per heavy atom. The van der Waals surface area contributed by atoms with Crippen LogP contribution in [0.3, 0.4) is 0 Å². The second-order valence-corrected chi connectivity index (χ2v) is 14.0. The van der Waals surface area contributed by atoms with Crippen LogP contribution in [0.4, 0.5) is 0 Å². The maximum Gasteiger partial charge on any atom is 0.213 e. The Bertz CT molecular complexity index is 2220. The maximum atomic E-state index is 4.58. The highest BCUT2D eigenvalue weighted by molar-refractivity contribution is 7.07. The molecule has 0 saturated heterocycles. The lowest BCUT2D eigenvalue weighted by atomic mass is 10.5. The van der Waals surface area contributed by atoms with Gasteiger partial charge in [0.2, 0.25) is 19.2 Å². The zero-order chi connectivity index (χ0) is 59.4. The first-order valence-electron chi connectivity index (χ1n) is 23.6. The number of furan rings is 1. The van der Waals surface area contributed by atoms with Crippen molar-refractivity contribution in [2.45, 2.75) is 22.3 Å². The second kappa shape index (κ2) is 76.0. The zero-order valence-electron chi connectivity index (χ0n) is 44.6. The Morgan fingerprint density at radius 3 is 1.26 bits per heavy atom. The third-order valence-corrected chi connectivity index (χ3v) is 7.71. The van der Waals surface area contributed by atoms with Crippen LogP contribution < -0.4 is 0 Å². The molecule has 2 aliphatic rings. The van der Waals surface area contributed by atoms with Gasteiger partial charge in [-0.1, -0.05) is 45.6 Å². The van der Waals surface area contributed by atoms with Crippen LogP contribution >= 0.6 is 22.7 Å². The van der Waals surface area contributed by atoms with Gasteiger partial charge in [0.05, 0.1) is 62.3 Å². The van der Waals surface area contributed by atoms with Crippen LogP contribution in [0.25, 0.3) is 0 Å². The van der Waals surface area contributed by atoms with E-state index >= 15 is 0 Å². The van der Waals surface area contributed by atoms with Crippen molar-refractivity contribution in [3.8, 4) is 0 Å². The number of H-pyrrole nitrogens is 4. The van der Waals surface area contributed by atoms with Gasteiger partial charge < -0.3 is 27.7 Å². The van der Waals surface area contributed by atoms with Crippen LogP contribution in [0, 0.1) is 0 Å². The molecule has 0 aliphatic carbocycles. The van der Waals surface area contributed by atoms with E-state index in [9.17, 15) is 0 Å². The maximum absolute atomic E-state index is 4.58. The molecule has 0 unspecified atom stereocenters. The Kier molecular flexibility index (Phi) is 69.2. The average molecular weight is 1220 g/mol. The molecular formula is C55H70N26O4S2. The van der Waals surface area contributed by atoms with Crippen molar-refractivity contribution < 1.29 is 17.8 Å². The SMILES string of the molecule is C.C.C.C1=NC=NC1.C1=NN=NC1.c1c[nH]cn1.c1cc[nH]c1.c1ccncc1.c1ccnnc1.c1ccoc1.c1ccsc1.c1cn[nH]c1.c1cn[nH]n1.c1cnccn1.c1cncnc1.c1cocn1.c1cscn1.c1ncon1.c1nnco1. The first-order chi connectivity index (χ1) is 42.0. The molecule has 16 heterocycles. The summed E-state index contributed by atoms with van der Waals surface area (Å²) < 4.78 is 17.6. The van der Waals surface area contributed by atoms with Gasteiger partial charge in [0, 0.05) is 117 Å². The van der Waals surface area contributed by atoms with Gasteiger partial charge in [-0.3, -0.25) is 30.0 Å². The summed E-state index contributed by atoms with van der Waals surface area (Å²) in [5.41, 5.74) is 1.79. The summed E-state index contributed by atoms with van der Waals surface area (Å²) in [5.74, 6) is 0. The number of thiazole rings is 1. The molecule has 30 nitrogen and oxygen atoms in total. The number of pyridine rings is 1. The lowest BCUT2D eigenvalue weighted by Gasteiger charge is -1.70. The summed E-state index contributed by atoms with van der Waals surface area (Å²) in [7, 11) is 0. The third kappa shape index (κ3) is 73.9. The number of oxazole rings is 1. The van der Waals surface area contributed by atoms with E-state index in [1.807, 2.05) is 101 Å². The van der Waals surface area contributed by atoms with Gasteiger partial charge in [-0.05, 0) is 76.6 Å². The molecule has 0 atom stereocenters. The lowest BCUT2D eigenvalue weighted by Crippen LogP contribution is -1.69. The fourth-order valence-corrected chi connectivity index (χ4v) is 4.25. The third-order valence-electron chi connectivity index (χ3n) is 6.56. The standard InChI is InChI=1S/C5H5N.3C4H4N2.C4H5N.C4H4O.C4H4S.3C3H4N2.C3H3NO.C3H3NS.2C2H3N3.2C2H2N2O.3CH4/c1-2-4-6-5-3-1;1-2-6-4-3-5-1;1-2-5-4-6-3-1;1-2-4-6-5-3-1;3*1-2-4-5-3-1;2*1-2-5-3-4-1;1-2-4-5-3-1;2*1-2-5-3-4-1;2*1-2-4-5-3-1;1-3-4-2-5-1;1-3-2-5-4-1;;;/h1-5H;3*1-4H;1-5H;2*1-4H;1,3H,2H2;2*1-3H,(H,4,5);2*1-3H;1H,2H2;1-2H,(H,3,4,5);2*1-2H;3*1H4. The van der Waals surface area contributed by atoms with Crippen molar-refractivity contribution in [2.24, 2.45) is 25.4 Å². The van der Waals surface area contributed by atoms with Crippen molar-refractivity contribution in [3.05, 3.63) is 288 Å². The lowest BCUT2D eigenvalue weighted by molar-refractivity contribution is 0.416. The summed E-state index contributed by atoms with van der Waals surface area (Å²) in [6, 6.07) is 24.6. The minimum Gasteiger partial charge on any atom is -0.473 e. The minimum absolute atomic E-state index is 0. The summed E-state index contributed by atoms with van der Waals surface area (Å²) >= 11 is 3.31. The Hall–Kier alpha value is -12.1. The molecule has 14 aromatic heterocycles. The van der Waals surface area contributed by atoms with Crippen LogP contribution in [-0.4, -0.2) is 138 Å². The number of thiophene rings is 1. The van der Waals surface area contributed by atoms with Gasteiger partial charge in [0.25, 0.3) is 0 Å². The number of aliphatic imine (C=N–C) groups is 2. The van der Waals surface area contributed by atoms with E-state index in [1.54, 1.807) is 183 Å². The number of imidazole rings is 1. The molecule has 32 heteroatoms. The number of aromatic amines is 4. The largest absolute Gasteiger partial charge is 0.473 e. The van der Waals surface area contributed by atoms with E-state index in [0.717, 1.165) is 6.54 Å². The predicted molar refractivity (Wildman–Crippen MR) is 335 cm³/mol. The predicted octanol–water partition coefficient (Wildman–Crippen LogP) is 11.6. The highest BCUT2D eigenvalue weighted by atomic mass is 32.1. The average Bonchev–Trinajstić information content (AvgIpc) is 4.42. The summed E-state index contributed by atoms with van der Waals surface area (Å²) in [6.45, 7) is 1.44. The molecule has 0 radical (unpaired) electrons. The zero-order valence-corrected chi connectivity index (χ0v) is 46.2. The van der Waals surface area contributed by atoms with E-state index in [0.29, 0.717) is 6.54 Å². The fourth-order valence-electron chi connectivity index (χ4n) is 3.44. The summed E-state index contributed by atoms with van der Waals surface area (Å²) in [6.07, 6.45) is 53.3. The van der Waals surface area contributed by atoms with Crippen LogP contribution in [0.2, 0.25) is 0 Å². The molecule has 456 valence electrons. The molecule has 0 bridgehead atoms. The van der Waals surface area contributed by atoms with Crippen LogP contribution in [-0.2, 0) is 0 Å². The van der Waals surface area contributed by atoms with Gasteiger partial charge in [-0.2, -0.15) is 47.2 Å². The van der Waals surface area contributed by atoms with E-state index < -0.39 is 0 Å². The van der Waals surface area contributed by atoms with Crippen molar-refractivity contribution in [1.29, 1.82) is 0 Å². The van der Waals surface area contributed by atoms with E-state index in [2.05, 4.69) is 149 Å². The second-order valence-electron chi connectivity index (χ2n) is 12.4. The fraction of sp³-hybridized carbons (Fsp3) is 0.0909. The van der Waals surface area contributed by atoms with Crippen LogP contribution in [0.15, 0.2) is 331 Å². The van der Waals surface area contributed by atoms with Crippen LogP contribution in [0.1, 0.15) is 22.3 Å². The van der Waals surface area contributed by atoms with Crippen molar-refractivity contribution in [1.82, 2.24) is 106 Å². The normalized spacial score (nSPS) is 8.83. The highest BCUT2D eigenvalue weighted by Crippen LogP contribution is 1.91. The topological polar surface area (TPSA) is 397 Å². The highest BCUT2D eigenvalue weighted by Gasteiger charge is 1.76. The van der Waals surface area contributed by atoms with Gasteiger partial charge >= 0.3 is 0 Å². The van der Waals surface area contributed by atoms with Crippen molar-refractivity contribution in [3.63, 3.8) is 0 Å². The number of hydrogen-bond acceptors (Lipinski definition) is 28. The molecule has 87 heavy (non-hydrogen) atoms. The van der Waals surface area contributed by atoms with E-state index in [-0.39, 0.29) is 22.3 Å². The molecule has 0 amide bonds. The molecule has 0 aromatic carbocycles. The molecule has 0 spiro atoms. The van der Waals surface area contributed by atoms with Gasteiger partial charge in [0.15, 0.2) is 12.7 Å². The summed E-state index contributed by atoms with van der Waals surface area (Å²) in [5, 5.41) is 48.7. The number of rotatable bonds is 0. The smallest absolute Gasteiger partial charge is 0.213 e. The Balaban J connectivity index is -0.000000864. The quantitative estimate of drug-likeness (QED) is 0.110. The monoisotopic (exact) mass is 1220 g/mol. The number of nitrogens with one attached hydrogen (secondary N) is 4. The van der Waals surface area contributed by atoms with E-state index in [1.165, 1.54) is 44.5 Å². The Labute approximate surface area is 511 Å². The molecule has 0 fully saturated rings. The van der Waals surface area contributed by atoms with Crippen LogP contribution in [0.5, 0.6) is 0 Å². The van der Waals surface area contributed by atoms with Gasteiger partial charge in [0.1, 0.15) is 18.9 Å².